The summed E-state index contributed by atoms with van der Waals surface area (Å²) < 4.78 is 10.8. The van der Waals surface area contributed by atoms with Crippen LogP contribution in [0.1, 0.15) is 5.56 Å². The zero-order valence-corrected chi connectivity index (χ0v) is 15.9. The number of fused-ring (bicyclic) bond motifs is 1. The minimum Gasteiger partial charge on any atom is -0.454 e. The molecule has 8 heteroatoms. The van der Waals surface area contributed by atoms with Crippen molar-refractivity contribution in [3.63, 3.8) is 0 Å². The molecule has 148 valence electrons. The van der Waals surface area contributed by atoms with E-state index in [9.17, 15) is 10.1 Å². The van der Waals surface area contributed by atoms with Crippen LogP contribution in [-0.2, 0) is 11.3 Å². The Morgan fingerprint density at radius 2 is 1.86 bits per heavy atom. The van der Waals surface area contributed by atoms with Gasteiger partial charge in [-0.2, -0.15) is 5.26 Å². The number of piperazine rings is 2. The summed E-state index contributed by atoms with van der Waals surface area (Å²) in [4.78, 5) is 18.7. The Balaban J connectivity index is 1.31. The highest BCUT2D eigenvalue weighted by Gasteiger charge is 2.22. The van der Waals surface area contributed by atoms with Crippen LogP contribution in [0.5, 0.6) is 11.5 Å². The van der Waals surface area contributed by atoms with Crippen molar-refractivity contribution in [1.82, 2.24) is 20.0 Å². The maximum Gasteiger partial charge on any atom is 0.266 e. The molecule has 3 heterocycles. The van der Waals surface area contributed by atoms with E-state index < -0.39 is 0 Å². The standard InChI is InChI=1S/C20H25N5O3/c21-12-17(20(26)25-5-3-22-4-6-25)14-24-9-7-23(8-10-24)13-16-1-2-18-19(11-16)28-15-27-18/h1-2,11,14,22H,3-10,13,15H2/b17-14-. The second kappa shape index (κ2) is 8.50. The summed E-state index contributed by atoms with van der Waals surface area (Å²) in [5.74, 6) is 1.45. The summed E-state index contributed by atoms with van der Waals surface area (Å²) in [7, 11) is 0. The van der Waals surface area contributed by atoms with Crippen molar-refractivity contribution in [2.75, 3.05) is 59.2 Å². The molecule has 1 aromatic carbocycles. The fraction of sp³-hybridized carbons (Fsp3) is 0.500. The summed E-state index contributed by atoms with van der Waals surface area (Å²) in [6, 6.07) is 8.15. The first-order valence-electron chi connectivity index (χ1n) is 9.70. The lowest BCUT2D eigenvalue weighted by atomic mass is 10.1. The average molecular weight is 383 g/mol. The minimum atomic E-state index is -0.160. The van der Waals surface area contributed by atoms with Crippen molar-refractivity contribution in [2.45, 2.75) is 6.54 Å². The Hall–Kier alpha value is -2.76. The minimum absolute atomic E-state index is 0.160. The van der Waals surface area contributed by atoms with Crippen molar-refractivity contribution in [2.24, 2.45) is 0 Å². The molecule has 0 aliphatic carbocycles. The number of hydrogen-bond donors (Lipinski definition) is 1. The molecular weight excluding hydrogens is 358 g/mol. The van der Waals surface area contributed by atoms with E-state index in [1.54, 1.807) is 11.1 Å². The maximum absolute atomic E-state index is 12.5. The van der Waals surface area contributed by atoms with Gasteiger partial charge in [0, 0.05) is 65.1 Å². The average Bonchev–Trinajstić information content (AvgIpc) is 3.21. The Bertz CT molecular complexity index is 790. The molecule has 3 aliphatic rings. The Kier molecular flexibility index (Phi) is 5.65. The van der Waals surface area contributed by atoms with Gasteiger partial charge in [-0.3, -0.25) is 9.69 Å². The third-order valence-corrected chi connectivity index (χ3v) is 5.32. The lowest BCUT2D eigenvalue weighted by Crippen LogP contribution is -2.47. The fourth-order valence-electron chi connectivity index (χ4n) is 3.70. The van der Waals surface area contributed by atoms with Gasteiger partial charge in [-0.1, -0.05) is 6.07 Å². The highest BCUT2D eigenvalue weighted by molar-refractivity contribution is 5.97. The second-order valence-corrected chi connectivity index (χ2v) is 7.20. The zero-order chi connectivity index (χ0) is 19.3. The number of amides is 1. The summed E-state index contributed by atoms with van der Waals surface area (Å²) in [6.07, 6.45) is 1.74. The van der Waals surface area contributed by atoms with Crippen LogP contribution in [0.3, 0.4) is 0 Å². The van der Waals surface area contributed by atoms with E-state index in [1.165, 1.54) is 5.56 Å². The molecule has 8 nitrogen and oxygen atoms in total. The SMILES string of the molecule is N#C/C(=C/N1CCN(Cc2ccc3c(c2)OCO3)CC1)C(=O)N1CCNCC1. The first-order valence-corrected chi connectivity index (χ1v) is 9.70. The maximum atomic E-state index is 12.5. The summed E-state index contributed by atoms with van der Waals surface area (Å²) in [6.45, 7) is 7.36. The Labute approximate surface area is 164 Å². The molecule has 0 atom stereocenters. The molecule has 0 bridgehead atoms. The normalized spacial score (nSPS) is 20.2. The van der Waals surface area contributed by atoms with Gasteiger partial charge in [-0.05, 0) is 17.7 Å². The van der Waals surface area contributed by atoms with E-state index in [2.05, 4.69) is 27.3 Å². The number of carbonyl (C=O) groups is 1. The summed E-state index contributed by atoms with van der Waals surface area (Å²) in [5.41, 5.74) is 1.42. The third-order valence-electron chi connectivity index (χ3n) is 5.32. The molecule has 4 rings (SSSR count). The fourth-order valence-corrected chi connectivity index (χ4v) is 3.70. The van der Waals surface area contributed by atoms with Crippen molar-refractivity contribution in [3.8, 4) is 17.6 Å². The molecular formula is C20H25N5O3. The summed E-state index contributed by atoms with van der Waals surface area (Å²) >= 11 is 0. The lowest BCUT2D eigenvalue weighted by molar-refractivity contribution is -0.127. The van der Waals surface area contributed by atoms with Gasteiger partial charge in [0.25, 0.3) is 5.91 Å². The molecule has 1 aromatic rings. The smallest absolute Gasteiger partial charge is 0.266 e. The molecule has 28 heavy (non-hydrogen) atoms. The van der Waals surface area contributed by atoms with Crippen LogP contribution in [0, 0.1) is 11.3 Å². The van der Waals surface area contributed by atoms with Crippen molar-refractivity contribution in [1.29, 1.82) is 5.26 Å². The zero-order valence-electron chi connectivity index (χ0n) is 15.9. The number of hydrogen-bond acceptors (Lipinski definition) is 7. The van der Waals surface area contributed by atoms with Crippen molar-refractivity contribution in [3.05, 3.63) is 35.5 Å². The molecule has 3 aliphatic heterocycles. The highest BCUT2D eigenvalue weighted by Crippen LogP contribution is 2.32. The molecule has 0 radical (unpaired) electrons. The van der Waals surface area contributed by atoms with E-state index in [0.717, 1.165) is 57.3 Å². The Morgan fingerprint density at radius 3 is 2.61 bits per heavy atom. The highest BCUT2D eigenvalue weighted by atomic mass is 16.7. The lowest BCUT2D eigenvalue weighted by Gasteiger charge is -2.34. The quantitative estimate of drug-likeness (QED) is 0.594. The number of ether oxygens (including phenoxy) is 2. The van der Waals surface area contributed by atoms with E-state index >= 15 is 0 Å². The van der Waals surface area contributed by atoms with Gasteiger partial charge in [0.15, 0.2) is 11.5 Å². The number of nitrogens with one attached hydrogen (secondary N) is 1. The predicted molar refractivity (Wildman–Crippen MR) is 103 cm³/mol. The summed E-state index contributed by atoms with van der Waals surface area (Å²) in [5, 5.41) is 12.7. The van der Waals surface area contributed by atoms with Crippen LogP contribution in [0.4, 0.5) is 0 Å². The largest absolute Gasteiger partial charge is 0.454 e. The number of rotatable bonds is 4. The molecule has 1 amide bonds. The van der Waals surface area contributed by atoms with Crippen LogP contribution in [0.15, 0.2) is 30.0 Å². The molecule has 0 unspecified atom stereocenters. The first kappa shape index (κ1) is 18.6. The van der Waals surface area contributed by atoms with E-state index in [-0.39, 0.29) is 18.3 Å². The third kappa shape index (κ3) is 4.21. The van der Waals surface area contributed by atoms with Gasteiger partial charge in [-0.25, -0.2) is 0 Å². The first-order chi connectivity index (χ1) is 13.7. The van der Waals surface area contributed by atoms with Gasteiger partial charge in [-0.15, -0.1) is 0 Å². The Morgan fingerprint density at radius 1 is 1.11 bits per heavy atom. The van der Waals surface area contributed by atoms with E-state index in [4.69, 9.17) is 9.47 Å². The number of benzene rings is 1. The van der Waals surface area contributed by atoms with Crippen LogP contribution in [0.25, 0.3) is 0 Å². The topological polar surface area (TPSA) is 81.1 Å². The number of nitriles is 1. The van der Waals surface area contributed by atoms with Crippen molar-refractivity contribution < 1.29 is 14.3 Å². The number of nitrogens with zero attached hydrogens (tertiary/aromatic N) is 4. The molecule has 2 saturated heterocycles. The van der Waals surface area contributed by atoms with Crippen molar-refractivity contribution >= 4 is 5.91 Å². The van der Waals surface area contributed by atoms with E-state index in [1.807, 2.05) is 12.1 Å². The van der Waals surface area contributed by atoms with Crippen LogP contribution in [0.2, 0.25) is 0 Å². The van der Waals surface area contributed by atoms with Gasteiger partial charge < -0.3 is 24.6 Å². The van der Waals surface area contributed by atoms with Gasteiger partial charge >= 0.3 is 0 Å². The van der Waals surface area contributed by atoms with Crippen LogP contribution < -0.4 is 14.8 Å². The van der Waals surface area contributed by atoms with Gasteiger partial charge in [0.05, 0.1) is 0 Å². The van der Waals surface area contributed by atoms with E-state index in [0.29, 0.717) is 13.1 Å². The molecule has 0 spiro atoms. The monoisotopic (exact) mass is 383 g/mol. The molecule has 1 N–H and O–H groups in total. The van der Waals surface area contributed by atoms with Crippen LogP contribution in [-0.4, -0.2) is 79.8 Å². The molecule has 0 saturated carbocycles. The predicted octanol–water partition coefficient (Wildman–Crippen LogP) is 0.372. The number of carbonyl (C=O) groups excluding carboxylic acids is 1. The van der Waals surface area contributed by atoms with Crippen LogP contribution >= 0.6 is 0 Å². The van der Waals surface area contributed by atoms with Gasteiger partial charge in [0.2, 0.25) is 6.79 Å². The molecule has 2 fully saturated rings. The second-order valence-electron chi connectivity index (χ2n) is 7.20. The van der Waals surface area contributed by atoms with Gasteiger partial charge in [0.1, 0.15) is 11.6 Å². The molecule has 0 aromatic heterocycles.